The summed E-state index contributed by atoms with van der Waals surface area (Å²) in [7, 11) is 0. The van der Waals surface area contributed by atoms with E-state index in [4.69, 9.17) is 6.42 Å². The number of rotatable bonds is 7. The van der Waals surface area contributed by atoms with Crippen LogP contribution in [-0.4, -0.2) is 50.5 Å². The van der Waals surface area contributed by atoms with E-state index >= 15 is 0 Å². The lowest BCUT2D eigenvalue weighted by atomic mass is 9.91. The van der Waals surface area contributed by atoms with E-state index in [1.165, 1.54) is 17.0 Å². The highest BCUT2D eigenvalue weighted by Gasteiger charge is 2.45. The molecule has 0 aliphatic carbocycles. The lowest BCUT2D eigenvalue weighted by Gasteiger charge is -2.48. The number of hydrogen-bond acceptors (Lipinski definition) is 4. The van der Waals surface area contributed by atoms with Crippen LogP contribution in [0.1, 0.15) is 45.1 Å². The quantitative estimate of drug-likeness (QED) is 0.576. The predicted octanol–water partition coefficient (Wildman–Crippen LogP) is 2.08. The molecule has 0 saturated carbocycles. The minimum atomic E-state index is -1.27. The van der Waals surface area contributed by atoms with E-state index in [1.54, 1.807) is 17.0 Å². The van der Waals surface area contributed by atoms with Crippen LogP contribution in [0.2, 0.25) is 0 Å². The van der Waals surface area contributed by atoms with Gasteiger partial charge >= 0.3 is 0 Å². The maximum Gasteiger partial charge on any atom is 0.256 e. The number of carbonyl (C=O) groups excluding carboxylic acids is 1. The molecule has 0 spiro atoms. The highest BCUT2D eigenvalue weighted by Crippen LogP contribution is 2.29. The molecule has 1 amide bonds. The van der Waals surface area contributed by atoms with Gasteiger partial charge in [-0.3, -0.25) is 9.69 Å². The fraction of sp³-hybridized carbons (Fsp3) is 0.550. The van der Waals surface area contributed by atoms with Crippen molar-refractivity contribution in [3.63, 3.8) is 0 Å². The molecule has 0 aromatic heterocycles. The van der Waals surface area contributed by atoms with Crippen molar-refractivity contribution in [1.82, 2.24) is 9.80 Å². The Morgan fingerprint density at radius 2 is 1.96 bits per heavy atom. The van der Waals surface area contributed by atoms with Crippen molar-refractivity contribution < 1.29 is 19.4 Å². The van der Waals surface area contributed by atoms with Crippen LogP contribution >= 0.6 is 0 Å². The highest BCUT2D eigenvalue weighted by molar-refractivity contribution is 5.81. The maximum absolute atomic E-state index is 13.1. The van der Waals surface area contributed by atoms with Crippen molar-refractivity contribution in [3.05, 3.63) is 35.6 Å². The lowest BCUT2D eigenvalue weighted by Crippen LogP contribution is -2.67. The molecule has 1 aromatic rings. The molecule has 2 N–H and O–H groups in total. The van der Waals surface area contributed by atoms with Gasteiger partial charge in [-0.25, -0.2) is 9.29 Å². The Balaban J connectivity index is 2.22. The predicted molar refractivity (Wildman–Crippen MR) is 97.0 cm³/mol. The molecule has 5 nitrogen and oxygen atoms in total. The van der Waals surface area contributed by atoms with E-state index in [0.29, 0.717) is 12.0 Å². The number of carbonyl (C=O) groups is 1. The van der Waals surface area contributed by atoms with Gasteiger partial charge < -0.3 is 10.2 Å². The summed E-state index contributed by atoms with van der Waals surface area (Å²) < 4.78 is 13.1. The van der Waals surface area contributed by atoms with Crippen molar-refractivity contribution >= 4 is 5.91 Å². The number of amides is 1. The summed E-state index contributed by atoms with van der Waals surface area (Å²) in [5.74, 6) is 1.79. The molecule has 142 valence electrons. The van der Waals surface area contributed by atoms with Gasteiger partial charge in [-0.2, -0.15) is 0 Å². The zero-order chi connectivity index (χ0) is 19.3. The second kappa shape index (κ2) is 8.63. The number of hydrogen-bond donors (Lipinski definition) is 2. The number of halogens is 1. The minimum Gasteiger partial charge on any atom is -0.382 e. The summed E-state index contributed by atoms with van der Waals surface area (Å²) in [6, 6.07) is 5.67. The molecular weight excluding hydrogens is 335 g/mol. The molecule has 1 saturated heterocycles. The molecule has 0 bridgehead atoms. The topological polar surface area (TPSA) is 64.0 Å². The average Bonchev–Trinajstić information content (AvgIpc) is 2.63. The normalized spacial score (nSPS) is 23.5. The van der Waals surface area contributed by atoms with E-state index < -0.39 is 23.9 Å². The number of benzene rings is 1. The van der Waals surface area contributed by atoms with Gasteiger partial charge in [-0.1, -0.05) is 44.2 Å². The van der Waals surface area contributed by atoms with Crippen molar-refractivity contribution in [1.29, 1.82) is 0 Å². The smallest absolute Gasteiger partial charge is 0.256 e. The van der Waals surface area contributed by atoms with Gasteiger partial charge in [0, 0.05) is 13.1 Å². The van der Waals surface area contributed by atoms with Crippen molar-refractivity contribution in [2.75, 3.05) is 6.54 Å². The fourth-order valence-corrected chi connectivity index (χ4v) is 3.25. The number of unbranched alkanes of at least 4 members (excludes halogenated alkanes) is 2. The zero-order valence-corrected chi connectivity index (χ0v) is 15.4. The second-order valence-electron chi connectivity index (χ2n) is 6.98. The van der Waals surface area contributed by atoms with Gasteiger partial charge in [0.1, 0.15) is 11.9 Å². The van der Waals surface area contributed by atoms with Crippen LogP contribution in [0.5, 0.6) is 0 Å². The first-order valence-electron chi connectivity index (χ1n) is 8.98. The van der Waals surface area contributed by atoms with Crippen LogP contribution < -0.4 is 0 Å². The Bertz CT molecular complexity index is 658. The molecule has 1 fully saturated rings. The van der Waals surface area contributed by atoms with Crippen LogP contribution in [0.4, 0.5) is 4.39 Å². The van der Waals surface area contributed by atoms with E-state index in [1.807, 2.05) is 6.92 Å². The molecule has 26 heavy (non-hydrogen) atoms. The summed E-state index contributed by atoms with van der Waals surface area (Å²) in [5, 5.41) is 21.0. The number of aliphatic hydroxyl groups is 2. The third-order valence-electron chi connectivity index (χ3n) is 4.97. The Kier molecular flexibility index (Phi) is 6.76. The molecule has 1 aromatic carbocycles. The van der Waals surface area contributed by atoms with E-state index in [9.17, 15) is 19.4 Å². The van der Waals surface area contributed by atoms with E-state index in [0.717, 1.165) is 19.3 Å². The van der Waals surface area contributed by atoms with Crippen LogP contribution in [0.15, 0.2) is 24.3 Å². The first kappa shape index (κ1) is 20.4. The van der Waals surface area contributed by atoms with Crippen LogP contribution in [-0.2, 0) is 11.3 Å². The SMILES string of the molecule is C#CC(C)(CCCCC)N1CC(O)C(=O)N(Cc2ccc(F)cc2)C1O. The molecule has 6 heteroatoms. The average molecular weight is 362 g/mol. The summed E-state index contributed by atoms with van der Waals surface area (Å²) in [5.41, 5.74) is -0.127. The molecule has 1 heterocycles. The number of β-amino-alcohol motifs (C(OH)–C–C–N with tert-alkyl or cyclic N) is 1. The minimum absolute atomic E-state index is 0.0211. The van der Waals surface area contributed by atoms with Crippen molar-refractivity contribution in [2.45, 2.75) is 64.1 Å². The van der Waals surface area contributed by atoms with Gasteiger partial charge in [-0.05, 0) is 31.0 Å². The van der Waals surface area contributed by atoms with Crippen molar-refractivity contribution in [3.8, 4) is 12.3 Å². The molecule has 1 aliphatic rings. The number of terminal acetylenes is 1. The molecule has 3 unspecified atom stereocenters. The van der Waals surface area contributed by atoms with Gasteiger partial charge in [-0.15, -0.1) is 6.42 Å². The number of nitrogens with zero attached hydrogens (tertiary/aromatic N) is 2. The Hall–Kier alpha value is -1.94. The molecule has 3 atom stereocenters. The molecular formula is C20H27FN2O3. The molecule has 2 rings (SSSR count). The number of aliphatic hydroxyl groups excluding tert-OH is 2. The maximum atomic E-state index is 13.1. The lowest BCUT2D eigenvalue weighted by molar-refractivity contribution is -0.202. The van der Waals surface area contributed by atoms with E-state index in [-0.39, 0.29) is 18.9 Å². The summed E-state index contributed by atoms with van der Waals surface area (Å²) in [6.45, 7) is 3.97. The zero-order valence-electron chi connectivity index (χ0n) is 15.4. The first-order chi connectivity index (χ1) is 12.3. The monoisotopic (exact) mass is 362 g/mol. The van der Waals surface area contributed by atoms with Crippen molar-refractivity contribution in [2.24, 2.45) is 0 Å². The van der Waals surface area contributed by atoms with E-state index in [2.05, 4.69) is 12.8 Å². The van der Waals surface area contributed by atoms with Crippen LogP contribution in [0.3, 0.4) is 0 Å². The summed E-state index contributed by atoms with van der Waals surface area (Å²) in [4.78, 5) is 15.2. The highest BCUT2D eigenvalue weighted by atomic mass is 19.1. The first-order valence-corrected chi connectivity index (χ1v) is 8.98. The Labute approximate surface area is 154 Å². The van der Waals surface area contributed by atoms with Gasteiger partial charge in [0.25, 0.3) is 5.91 Å². The van der Waals surface area contributed by atoms with Crippen LogP contribution in [0, 0.1) is 18.2 Å². The van der Waals surface area contributed by atoms with Gasteiger partial charge in [0.2, 0.25) is 0 Å². The Morgan fingerprint density at radius 1 is 1.31 bits per heavy atom. The van der Waals surface area contributed by atoms with Crippen LogP contribution in [0.25, 0.3) is 0 Å². The molecule has 1 aliphatic heterocycles. The summed E-state index contributed by atoms with van der Waals surface area (Å²) >= 11 is 0. The van der Waals surface area contributed by atoms with Gasteiger partial charge in [0.15, 0.2) is 6.35 Å². The second-order valence-corrected chi connectivity index (χ2v) is 6.98. The van der Waals surface area contributed by atoms with Gasteiger partial charge in [0.05, 0.1) is 5.54 Å². The Morgan fingerprint density at radius 3 is 2.54 bits per heavy atom. The third kappa shape index (κ3) is 4.42. The third-order valence-corrected chi connectivity index (χ3v) is 4.97. The standard InChI is InChI=1S/C20H27FN2O3/c1-4-6-7-12-20(3,5-2)23-14-17(24)18(25)22(19(23)26)13-15-8-10-16(21)11-9-15/h2,8-11,17,19,24,26H,4,6-7,12-14H2,1,3H3. The molecule has 0 radical (unpaired) electrons. The summed E-state index contributed by atoms with van der Waals surface area (Å²) in [6.07, 6.45) is 6.83. The fourth-order valence-electron chi connectivity index (χ4n) is 3.25. The largest absolute Gasteiger partial charge is 0.382 e.